The maximum absolute atomic E-state index is 9.32. The van der Waals surface area contributed by atoms with Crippen LogP contribution >= 0.6 is 0 Å². The second-order valence-corrected chi connectivity index (χ2v) is 10.7. The molecule has 0 saturated carbocycles. The molecular weight excluding hydrogens is 554 g/mol. The second-order valence-electron chi connectivity index (χ2n) is 10.7. The molecule has 0 fully saturated rings. The molecule has 0 aliphatic rings. The number of nitriles is 1. The van der Waals surface area contributed by atoms with Crippen molar-refractivity contribution in [2.45, 2.75) is 0 Å². The van der Waals surface area contributed by atoms with E-state index in [0.717, 1.165) is 60.9 Å². The van der Waals surface area contributed by atoms with E-state index >= 15 is 0 Å². The molecule has 0 spiro atoms. The van der Waals surface area contributed by atoms with Gasteiger partial charge in [0.25, 0.3) is 0 Å². The number of nitrogens with zero attached hydrogens (tertiary/aromatic N) is 5. The van der Waals surface area contributed by atoms with Gasteiger partial charge in [-0.05, 0) is 41.0 Å². The van der Waals surface area contributed by atoms with Gasteiger partial charge in [0.1, 0.15) is 5.58 Å². The molecule has 0 saturated heterocycles. The molecule has 3 aromatic heterocycles. The van der Waals surface area contributed by atoms with Crippen molar-refractivity contribution in [3.05, 3.63) is 145 Å². The molecule has 210 valence electrons. The maximum atomic E-state index is 9.32. The normalized spacial score (nSPS) is 11.1. The summed E-state index contributed by atoms with van der Waals surface area (Å²) in [5.74, 6) is 1.70. The molecule has 0 amide bonds. The van der Waals surface area contributed by atoms with Gasteiger partial charge < -0.3 is 4.42 Å². The number of hydrogen-bond acceptors (Lipinski definition) is 6. The number of furan rings is 1. The lowest BCUT2D eigenvalue weighted by molar-refractivity contribution is 0.667. The zero-order chi connectivity index (χ0) is 30.2. The fourth-order valence-electron chi connectivity index (χ4n) is 5.63. The minimum atomic E-state index is 0.549. The van der Waals surface area contributed by atoms with Gasteiger partial charge in [0.05, 0.1) is 17.8 Å². The number of hydrogen-bond donors (Lipinski definition) is 0. The Balaban J connectivity index is 1.24. The minimum Gasteiger partial charge on any atom is -0.454 e. The molecule has 0 atom stereocenters. The highest BCUT2D eigenvalue weighted by Crippen LogP contribution is 2.37. The van der Waals surface area contributed by atoms with Gasteiger partial charge in [-0.2, -0.15) is 5.26 Å². The lowest BCUT2D eigenvalue weighted by atomic mass is 10.0. The van der Waals surface area contributed by atoms with E-state index in [1.165, 1.54) is 0 Å². The van der Waals surface area contributed by atoms with Crippen molar-refractivity contribution >= 4 is 21.9 Å². The maximum Gasteiger partial charge on any atom is 0.164 e. The predicted molar refractivity (Wildman–Crippen MR) is 177 cm³/mol. The van der Waals surface area contributed by atoms with Crippen molar-refractivity contribution in [2.24, 2.45) is 0 Å². The van der Waals surface area contributed by atoms with Crippen LogP contribution in [0.5, 0.6) is 0 Å². The van der Waals surface area contributed by atoms with E-state index in [9.17, 15) is 5.26 Å². The Morgan fingerprint density at radius 2 is 1.09 bits per heavy atom. The summed E-state index contributed by atoms with van der Waals surface area (Å²) < 4.78 is 6.32. The van der Waals surface area contributed by atoms with Crippen LogP contribution in [0.25, 0.3) is 78.4 Å². The molecule has 8 aromatic rings. The fourth-order valence-corrected chi connectivity index (χ4v) is 5.63. The van der Waals surface area contributed by atoms with E-state index < -0.39 is 0 Å². The first-order valence-electron chi connectivity index (χ1n) is 14.5. The van der Waals surface area contributed by atoms with Crippen LogP contribution in [0.2, 0.25) is 0 Å². The van der Waals surface area contributed by atoms with Crippen molar-refractivity contribution in [1.29, 1.82) is 5.26 Å². The van der Waals surface area contributed by atoms with E-state index in [-0.39, 0.29) is 0 Å². The standard InChI is InChI=1S/C39H23N5O/c40-22-25-8-7-13-30(20-25)26-14-16-29(17-15-26)38-42-37(28-11-5-2-6-12-28)43-39(44-38)31-18-19-32-34(21-31)45-35-24-41-23-33(36(32)35)27-9-3-1-4-10-27/h1-21,23-24H. The number of pyridine rings is 1. The summed E-state index contributed by atoms with van der Waals surface area (Å²) in [7, 11) is 0. The third kappa shape index (κ3) is 4.89. The average molecular weight is 578 g/mol. The first-order valence-corrected chi connectivity index (χ1v) is 14.5. The summed E-state index contributed by atoms with van der Waals surface area (Å²) in [4.78, 5) is 19.2. The monoisotopic (exact) mass is 577 g/mol. The summed E-state index contributed by atoms with van der Waals surface area (Å²) >= 11 is 0. The highest BCUT2D eigenvalue weighted by atomic mass is 16.3. The molecule has 0 aliphatic carbocycles. The number of benzene rings is 5. The smallest absolute Gasteiger partial charge is 0.164 e. The Hall–Kier alpha value is -6.45. The summed E-state index contributed by atoms with van der Waals surface area (Å²) in [6.45, 7) is 0. The van der Waals surface area contributed by atoms with Crippen LogP contribution < -0.4 is 0 Å². The molecule has 0 radical (unpaired) electrons. The van der Waals surface area contributed by atoms with Gasteiger partial charge in [-0.3, -0.25) is 4.98 Å². The molecule has 0 N–H and O–H groups in total. The molecule has 6 nitrogen and oxygen atoms in total. The van der Waals surface area contributed by atoms with Crippen molar-refractivity contribution in [2.75, 3.05) is 0 Å². The van der Waals surface area contributed by atoms with E-state index in [0.29, 0.717) is 23.0 Å². The van der Waals surface area contributed by atoms with Gasteiger partial charge in [-0.1, -0.05) is 103 Å². The Morgan fingerprint density at radius 1 is 0.489 bits per heavy atom. The van der Waals surface area contributed by atoms with Gasteiger partial charge in [0.2, 0.25) is 0 Å². The van der Waals surface area contributed by atoms with Crippen LogP contribution in [0.15, 0.2) is 144 Å². The Kier molecular flexibility index (Phi) is 6.40. The van der Waals surface area contributed by atoms with E-state index in [4.69, 9.17) is 19.4 Å². The van der Waals surface area contributed by atoms with E-state index in [1.54, 1.807) is 12.3 Å². The van der Waals surface area contributed by atoms with Crippen LogP contribution in [-0.4, -0.2) is 19.9 Å². The molecular formula is C39H23N5O. The molecule has 6 heteroatoms. The molecule has 45 heavy (non-hydrogen) atoms. The third-order valence-corrected chi connectivity index (χ3v) is 7.86. The quantitative estimate of drug-likeness (QED) is 0.202. The van der Waals surface area contributed by atoms with Crippen molar-refractivity contribution in [3.63, 3.8) is 0 Å². The Morgan fingerprint density at radius 3 is 1.80 bits per heavy atom. The summed E-state index contributed by atoms with van der Waals surface area (Å²) in [5.41, 5.74) is 8.76. The van der Waals surface area contributed by atoms with Gasteiger partial charge in [0.15, 0.2) is 23.1 Å². The first-order chi connectivity index (χ1) is 22.2. The van der Waals surface area contributed by atoms with Gasteiger partial charge >= 0.3 is 0 Å². The molecule has 0 unspecified atom stereocenters. The SMILES string of the molecule is N#Cc1cccc(-c2ccc(-c3nc(-c4ccccc4)nc(-c4ccc5c(c4)oc4cncc(-c6ccccc6)c45)n3)cc2)c1. The van der Waals surface area contributed by atoms with Crippen LogP contribution in [0.4, 0.5) is 0 Å². The highest BCUT2D eigenvalue weighted by Gasteiger charge is 2.17. The van der Waals surface area contributed by atoms with Crippen LogP contribution in [0, 0.1) is 11.3 Å². The molecule has 0 bridgehead atoms. The van der Waals surface area contributed by atoms with Crippen LogP contribution in [0.3, 0.4) is 0 Å². The van der Waals surface area contributed by atoms with Crippen molar-refractivity contribution in [1.82, 2.24) is 19.9 Å². The van der Waals surface area contributed by atoms with E-state index in [1.807, 2.05) is 109 Å². The average Bonchev–Trinajstić information content (AvgIpc) is 3.50. The summed E-state index contributed by atoms with van der Waals surface area (Å²) in [6.07, 6.45) is 3.65. The second kappa shape index (κ2) is 11.0. The Bertz CT molecular complexity index is 2370. The van der Waals surface area contributed by atoms with Crippen LogP contribution in [-0.2, 0) is 0 Å². The summed E-state index contributed by atoms with van der Waals surface area (Å²) in [5, 5.41) is 11.3. The third-order valence-electron chi connectivity index (χ3n) is 7.86. The van der Waals surface area contributed by atoms with Gasteiger partial charge in [-0.25, -0.2) is 15.0 Å². The predicted octanol–water partition coefficient (Wildman–Crippen LogP) is 9.37. The van der Waals surface area contributed by atoms with Gasteiger partial charge in [-0.15, -0.1) is 0 Å². The molecule has 0 aliphatic heterocycles. The largest absolute Gasteiger partial charge is 0.454 e. The fraction of sp³-hybridized carbons (Fsp3) is 0. The number of aromatic nitrogens is 4. The van der Waals surface area contributed by atoms with Crippen molar-refractivity contribution in [3.8, 4) is 62.5 Å². The lowest BCUT2D eigenvalue weighted by Gasteiger charge is -2.09. The van der Waals surface area contributed by atoms with Crippen molar-refractivity contribution < 1.29 is 4.42 Å². The highest BCUT2D eigenvalue weighted by molar-refractivity contribution is 6.12. The lowest BCUT2D eigenvalue weighted by Crippen LogP contribution is -2.00. The Labute approximate surface area is 259 Å². The van der Waals surface area contributed by atoms with Gasteiger partial charge in [0, 0.05) is 39.2 Å². The number of rotatable bonds is 5. The molecule has 5 aromatic carbocycles. The van der Waals surface area contributed by atoms with E-state index in [2.05, 4.69) is 29.3 Å². The molecule has 8 rings (SSSR count). The topological polar surface area (TPSA) is 88.5 Å². The minimum absolute atomic E-state index is 0.549. The number of fused-ring (bicyclic) bond motifs is 3. The first kappa shape index (κ1) is 26.2. The zero-order valence-corrected chi connectivity index (χ0v) is 23.9. The summed E-state index contributed by atoms with van der Waals surface area (Å²) in [6, 6.07) is 44.1. The zero-order valence-electron chi connectivity index (χ0n) is 23.9. The molecule has 3 heterocycles. The van der Waals surface area contributed by atoms with Crippen LogP contribution in [0.1, 0.15) is 5.56 Å².